The van der Waals surface area contributed by atoms with E-state index in [0.29, 0.717) is 16.6 Å². The largest absolute Gasteiger partial charge is 0.475 e. The van der Waals surface area contributed by atoms with Crippen molar-refractivity contribution in [1.82, 2.24) is 9.97 Å². The molecule has 100 valence electrons. The maximum atomic E-state index is 11.8. The van der Waals surface area contributed by atoms with E-state index in [1.54, 1.807) is 6.07 Å². The third kappa shape index (κ3) is 2.33. The summed E-state index contributed by atoms with van der Waals surface area (Å²) in [4.78, 5) is 30.3. The summed E-state index contributed by atoms with van der Waals surface area (Å²) < 4.78 is 0. The molecule has 0 amide bonds. The van der Waals surface area contributed by atoms with Gasteiger partial charge in [-0.1, -0.05) is 30.3 Å². The van der Waals surface area contributed by atoms with E-state index in [1.165, 1.54) is 11.3 Å². The van der Waals surface area contributed by atoms with Gasteiger partial charge in [0.1, 0.15) is 4.83 Å². The number of nitrogens with zero attached hydrogens (tertiary/aromatic N) is 1. The fourth-order valence-electron chi connectivity index (χ4n) is 1.97. The number of aromatic carboxylic acids is 1. The van der Waals surface area contributed by atoms with Crippen molar-refractivity contribution in [2.75, 3.05) is 0 Å². The number of thiophene rings is 1. The van der Waals surface area contributed by atoms with E-state index in [9.17, 15) is 9.59 Å². The fraction of sp³-hybridized carbons (Fsp3) is 0.0714. The Kier molecular flexibility index (Phi) is 3.08. The Morgan fingerprint density at radius 2 is 2.05 bits per heavy atom. The summed E-state index contributed by atoms with van der Waals surface area (Å²) >= 11 is 1.34. The van der Waals surface area contributed by atoms with E-state index in [0.717, 1.165) is 10.4 Å². The molecule has 20 heavy (non-hydrogen) atoms. The number of H-pyrrole nitrogens is 1. The number of hydrogen-bond donors (Lipinski definition) is 2. The van der Waals surface area contributed by atoms with Crippen molar-refractivity contribution in [1.29, 1.82) is 0 Å². The van der Waals surface area contributed by atoms with Crippen molar-refractivity contribution in [2.24, 2.45) is 0 Å². The van der Waals surface area contributed by atoms with Crippen LogP contribution in [0.1, 0.15) is 21.1 Å². The zero-order valence-corrected chi connectivity index (χ0v) is 11.1. The van der Waals surface area contributed by atoms with Crippen LogP contribution >= 0.6 is 11.3 Å². The van der Waals surface area contributed by atoms with Crippen LogP contribution < -0.4 is 5.56 Å². The molecule has 1 aromatic carbocycles. The monoisotopic (exact) mass is 286 g/mol. The molecule has 0 saturated heterocycles. The van der Waals surface area contributed by atoms with Crippen molar-refractivity contribution in [3.8, 4) is 0 Å². The Balaban J connectivity index is 2.05. The third-order valence-corrected chi connectivity index (χ3v) is 3.91. The Hall–Kier alpha value is -2.47. The molecule has 0 bridgehead atoms. The average Bonchev–Trinajstić information content (AvgIpc) is 2.83. The second-order valence-corrected chi connectivity index (χ2v) is 5.43. The summed E-state index contributed by atoms with van der Waals surface area (Å²) in [5.41, 5.74) is 0.719. The minimum absolute atomic E-state index is 0.324. The molecule has 0 radical (unpaired) electrons. The standard InChI is InChI=1S/C14H10N2O3S/c17-12-10-7-9(6-8-4-2-1-3-5-8)20-13(10)16-11(15-12)14(18)19/h1-5,7H,6H2,(H,18,19)(H,15,16,17). The molecule has 0 unspecified atom stereocenters. The van der Waals surface area contributed by atoms with E-state index in [4.69, 9.17) is 5.11 Å². The highest BCUT2D eigenvalue weighted by atomic mass is 32.1. The van der Waals surface area contributed by atoms with Gasteiger partial charge in [-0.15, -0.1) is 11.3 Å². The van der Waals surface area contributed by atoms with Gasteiger partial charge in [-0.05, 0) is 11.6 Å². The first-order valence-electron chi connectivity index (χ1n) is 5.93. The van der Waals surface area contributed by atoms with Gasteiger partial charge in [0.15, 0.2) is 0 Å². The SMILES string of the molecule is O=C(O)c1nc2sc(Cc3ccccc3)cc2c(=O)[nH]1. The van der Waals surface area contributed by atoms with E-state index in [-0.39, 0.29) is 5.82 Å². The van der Waals surface area contributed by atoms with E-state index in [1.807, 2.05) is 30.3 Å². The van der Waals surface area contributed by atoms with Crippen LogP contribution in [-0.4, -0.2) is 21.0 Å². The summed E-state index contributed by atoms with van der Waals surface area (Å²) in [6.07, 6.45) is 0.698. The molecule has 3 aromatic rings. The summed E-state index contributed by atoms with van der Waals surface area (Å²) in [5.74, 6) is -1.56. The number of rotatable bonds is 3. The summed E-state index contributed by atoms with van der Waals surface area (Å²) in [5, 5.41) is 9.32. The Bertz CT molecular complexity index is 836. The number of fused-ring (bicyclic) bond motifs is 1. The van der Waals surface area contributed by atoms with Gasteiger partial charge >= 0.3 is 5.97 Å². The van der Waals surface area contributed by atoms with Crippen LogP contribution in [0.4, 0.5) is 0 Å². The summed E-state index contributed by atoms with van der Waals surface area (Å²) in [6, 6.07) is 11.6. The molecule has 0 atom stereocenters. The lowest BCUT2D eigenvalue weighted by Gasteiger charge is -1.96. The summed E-state index contributed by atoms with van der Waals surface area (Å²) in [6.45, 7) is 0. The molecule has 0 aliphatic heterocycles. The smallest absolute Gasteiger partial charge is 0.372 e. The highest BCUT2D eigenvalue weighted by Crippen LogP contribution is 2.23. The topological polar surface area (TPSA) is 83.0 Å². The van der Waals surface area contributed by atoms with Crippen LogP contribution in [0.25, 0.3) is 10.2 Å². The highest BCUT2D eigenvalue weighted by Gasteiger charge is 2.12. The molecule has 0 saturated carbocycles. The summed E-state index contributed by atoms with van der Waals surface area (Å²) in [7, 11) is 0. The first-order chi connectivity index (χ1) is 9.63. The maximum Gasteiger partial charge on any atom is 0.372 e. The molecular formula is C14H10N2O3S. The van der Waals surface area contributed by atoms with Crippen LogP contribution in [-0.2, 0) is 6.42 Å². The highest BCUT2D eigenvalue weighted by molar-refractivity contribution is 7.18. The van der Waals surface area contributed by atoms with Gasteiger partial charge in [0.2, 0.25) is 5.82 Å². The van der Waals surface area contributed by atoms with Gasteiger partial charge < -0.3 is 10.1 Å². The number of aromatic nitrogens is 2. The lowest BCUT2D eigenvalue weighted by molar-refractivity contribution is 0.0683. The number of aromatic amines is 1. The maximum absolute atomic E-state index is 11.8. The van der Waals surface area contributed by atoms with Crippen LogP contribution in [0.2, 0.25) is 0 Å². The Morgan fingerprint density at radius 3 is 2.75 bits per heavy atom. The van der Waals surface area contributed by atoms with Gasteiger partial charge in [-0.2, -0.15) is 0 Å². The predicted octanol–water partition coefficient (Wildman–Crippen LogP) is 2.27. The number of nitrogens with one attached hydrogen (secondary N) is 1. The van der Waals surface area contributed by atoms with Gasteiger partial charge in [-0.25, -0.2) is 9.78 Å². The molecule has 0 aliphatic carbocycles. The fourth-order valence-corrected chi connectivity index (χ4v) is 3.03. The zero-order chi connectivity index (χ0) is 14.1. The van der Waals surface area contributed by atoms with Crippen molar-refractivity contribution < 1.29 is 9.90 Å². The second kappa shape index (κ2) is 4.90. The van der Waals surface area contributed by atoms with Crippen molar-refractivity contribution in [3.63, 3.8) is 0 Å². The normalized spacial score (nSPS) is 10.8. The molecule has 3 rings (SSSR count). The molecule has 6 heteroatoms. The number of carboxylic acids is 1. The van der Waals surface area contributed by atoms with Crippen molar-refractivity contribution in [3.05, 3.63) is 63.0 Å². The van der Waals surface area contributed by atoms with Gasteiger partial charge in [0, 0.05) is 11.3 Å². The molecule has 0 aliphatic rings. The van der Waals surface area contributed by atoms with E-state index in [2.05, 4.69) is 9.97 Å². The number of carbonyl (C=O) groups is 1. The van der Waals surface area contributed by atoms with Crippen LogP contribution in [0.15, 0.2) is 41.2 Å². The number of hydrogen-bond acceptors (Lipinski definition) is 4. The van der Waals surface area contributed by atoms with Crippen LogP contribution in [0.5, 0.6) is 0 Å². The van der Waals surface area contributed by atoms with Gasteiger partial charge in [0.05, 0.1) is 5.39 Å². The quantitative estimate of drug-likeness (QED) is 0.773. The Labute approximate surface area is 117 Å². The molecule has 0 spiro atoms. The zero-order valence-electron chi connectivity index (χ0n) is 10.3. The third-order valence-electron chi connectivity index (χ3n) is 2.88. The molecule has 2 aromatic heterocycles. The van der Waals surface area contributed by atoms with E-state index >= 15 is 0 Å². The van der Waals surface area contributed by atoms with Crippen molar-refractivity contribution >= 4 is 27.5 Å². The van der Waals surface area contributed by atoms with E-state index < -0.39 is 11.5 Å². The number of carboxylic acid groups (broad SMARTS) is 1. The number of benzene rings is 1. The minimum atomic E-state index is -1.23. The Morgan fingerprint density at radius 1 is 1.30 bits per heavy atom. The second-order valence-electron chi connectivity index (χ2n) is 4.31. The molecular weight excluding hydrogens is 276 g/mol. The predicted molar refractivity (Wildman–Crippen MR) is 76.4 cm³/mol. The van der Waals surface area contributed by atoms with Crippen LogP contribution in [0, 0.1) is 0 Å². The van der Waals surface area contributed by atoms with Gasteiger partial charge in [0.25, 0.3) is 5.56 Å². The molecule has 0 fully saturated rings. The molecule has 2 N–H and O–H groups in total. The molecule has 2 heterocycles. The lowest BCUT2D eigenvalue weighted by Crippen LogP contribution is -2.14. The molecule has 5 nitrogen and oxygen atoms in total. The van der Waals surface area contributed by atoms with Crippen molar-refractivity contribution in [2.45, 2.75) is 6.42 Å². The van der Waals surface area contributed by atoms with Crippen LogP contribution in [0.3, 0.4) is 0 Å². The average molecular weight is 286 g/mol. The van der Waals surface area contributed by atoms with Gasteiger partial charge in [-0.3, -0.25) is 4.79 Å². The lowest BCUT2D eigenvalue weighted by atomic mass is 10.1. The first-order valence-corrected chi connectivity index (χ1v) is 6.75. The first kappa shape index (κ1) is 12.6. The minimum Gasteiger partial charge on any atom is -0.475 e.